The number of aryl methyl sites for hydroxylation is 1. The number of rotatable bonds is 8. The molecular formula is C26H29FN4O3. The molecule has 1 atom stereocenters. The van der Waals surface area contributed by atoms with E-state index in [0.717, 1.165) is 55.2 Å². The Morgan fingerprint density at radius 1 is 1.24 bits per heavy atom. The minimum atomic E-state index is -1.17. The lowest BCUT2D eigenvalue weighted by Crippen LogP contribution is -2.36. The highest BCUT2D eigenvalue weighted by molar-refractivity contribution is 5.98. The zero-order chi connectivity index (χ0) is 24.0. The normalized spacial score (nSPS) is 15.5. The van der Waals surface area contributed by atoms with Crippen LogP contribution in [0.2, 0.25) is 0 Å². The molecule has 1 aliphatic rings. The third-order valence-electron chi connectivity index (χ3n) is 6.81. The maximum Gasteiger partial charge on any atom is 0.335 e. The van der Waals surface area contributed by atoms with Crippen LogP contribution < -0.4 is 4.90 Å². The van der Waals surface area contributed by atoms with E-state index in [0.29, 0.717) is 23.4 Å². The lowest BCUT2D eigenvalue weighted by Gasteiger charge is -2.36. The van der Waals surface area contributed by atoms with E-state index >= 15 is 4.39 Å². The van der Waals surface area contributed by atoms with Crippen LogP contribution in [0, 0.1) is 5.82 Å². The Morgan fingerprint density at radius 2 is 2.06 bits per heavy atom. The largest absolute Gasteiger partial charge is 0.478 e. The summed E-state index contributed by atoms with van der Waals surface area (Å²) in [6.07, 6.45) is 1.89. The number of para-hydroxylation sites is 1. The fourth-order valence-electron chi connectivity index (χ4n) is 5.27. The van der Waals surface area contributed by atoms with Gasteiger partial charge >= 0.3 is 5.97 Å². The molecule has 0 aliphatic carbocycles. The maximum atomic E-state index is 15.0. The number of methoxy groups -OCH3 is 1. The third-order valence-corrected chi connectivity index (χ3v) is 6.81. The first-order chi connectivity index (χ1) is 16.5. The standard InChI is InChI=1S/C26H29FN4O3/c1-4-18-15-29(10-7-11-34-3)21-9-6-8-16-14-22(31(18)23(16)21)25-28-20-13-17(26(32)33)12-19(27)24(20)30(25)5-2/h6,8-9,12-14,18H,4-5,7,10-11,15H2,1-3H3,(H,32,33). The second-order valence-electron chi connectivity index (χ2n) is 8.78. The van der Waals surface area contributed by atoms with E-state index in [2.05, 4.69) is 40.7 Å². The average molecular weight is 465 g/mol. The number of hydrogen-bond acceptors (Lipinski definition) is 4. The van der Waals surface area contributed by atoms with Crippen molar-refractivity contribution in [2.75, 3.05) is 31.7 Å². The first-order valence-corrected chi connectivity index (χ1v) is 11.8. The summed E-state index contributed by atoms with van der Waals surface area (Å²) in [5.74, 6) is -1.07. The van der Waals surface area contributed by atoms with E-state index in [-0.39, 0.29) is 11.6 Å². The van der Waals surface area contributed by atoms with E-state index in [1.54, 1.807) is 7.11 Å². The van der Waals surface area contributed by atoms with Crippen LogP contribution in [-0.2, 0) is 11.3 Å². The highest BCUT2D eigenvalue weighted by Crippen LogP contribution is 2.42. The number of imidazole rings is 1. The van der Waals surface area contributed by atoms with Crippen LogP contribution in [-0.4, -0.2) is 52.0 Å². The van der Waals surface area contributed by atoms with Gasteiger partial charge in [-0.15, -0.1) is 0 Å². The van der Waals surface area contributed by atoms with Crippen LogP contribution in [0.15, 0.2) is 36.4 Å². The zero-order valence-corrected chi connectivity index (χ0v) is 19.7. The molecule has 2 aromatic heterocycles. The summed E-state index contributed by atoms with van der Waals surface area (Å²) >= 11 is 0. The molecule has 0 spiro atoms. The Balaban J connectivity index is 1.74. The second kappa shape index (κ2) is 8.76. The molecule has 8 heteroatoms. The number of aromatic carboxylic acids is 1. The summed E-state index contributed by atoms with van der Waals surface area (Å²) in [5.41, 5.74) is 3.88. The molecule has 5 rings (SSSR count). The quantitative estimate of drug-likeness (QED) is 0.357. The van der Waals surface area contributed by atoms with E-state index in [1.165, 1.54) is 11.8 Å². The number of anilines is 1. The van der Waals surface area contributed by atoms with E-state index < -0.39 is 11.8 Å². The molecule has 0 radical (unpaired) electrons. The van der Waals surface area contributed by atoms with Crippen LogP contribution in [0.4, 0.5) is 10.1 Å². The van der Waals surface area contributed by atoms with Gasteiger partial charge in [0.15, 0.2) is 5.82 Å². The molecule has 3 heterocycles. The predicted octanol–water partition coefficient (Wildman–Crippen LogP) is 5.32. The molecular weight excluding hydrogens is 435 g/mol. The number of nitrogens with zero attached hydrogens (tertiary/aromatic N) is 4. The van der Waals surface area contributed by atoms with Crippen LogP contribution in [0.3, 0.4) is 0 Å². The Kier molecular flexibility index (Phi) is 5.77. The van der Waals surface area contributed by atoms with Crippen LogP contribution >= 0.6 is 0 Å². The van der Waals surface area contributed by atoms with E-state index in [4.69, 9.17) is 9.72 Å². The van der Waals surface area contributed by atoms with Crippen molar-refractivity contribution in [2.45, 2.75) is 39.3 Å². The second-order valence-corrected chi connectivity index (χ2v) is 8.78. The van der Waals surface area contributed by atoms with Crippen molar-refractivity contribution in [3.05, 3.63) is 47.8 Å². The minimum absolute atomic E-state index is 0.0978. The van der Waals surface area contributed by atoms with Gasteiger partial charge in [0, 0.05) is 38.7 Å². The molecule has 178 valence electrons. The summed E-state index contributed by atoms with van der Waals surface area (Å²) in [4.78, 5) is 18.7. The smallest absolute Gasteiger partial charge is 0.335 e. The van der Waals surface area contributed by atoms with Gasteiger partial charge in [-0.05, 0) is 44.0 Å². The molecule has 1 N–H and O–H groups in total. The first-order valence-electron chi connectivity index (χ1n) is 11.8. The molecule has 0 fully saturated rings. The van der Waals surface area contributed by atoms with E-state index in [1.807, 2.05) is 11.5 Å². The summed E-state index contributed by atoms with van der Waals surface area (Å²) in [6, 6.07) is 11.2. The maximum absolute atomic E-state index is 15.0. The van der Waals surface area contributed by atoms with Gasteiger partial charge in [0.2, 0.25) is 0 Å². The van der Waals surface area contributed by atoms with Gasteiger partial charge in [-0.1, -0.05) is 19.1 Å². The summed E-state index contributed by atoms with van der Waals surface area (Å²) in [6.45, 7) is 7.17. The molecule has 2 aromatic carbocycles. The molecule has 34 heavy (non-hydrogen) atoms. The van der Waals surface area contributed by atoms with Crippen molar-refractivity contribution in [1.29, 1.82) is 0 Å². The van der Waals surface area contributed by atoms with Crippen molar-refractivity contribution in [1.82, 2.24) is 14.1 Å². The zero-order valence-electron chi connectivity index (χ0n) is 19.7. The monoisotopic (exact) mass is 464 g/mol. The topological polar surface area (TPSA) is 72.5 Å². The minimum Gasteiger partial charge on any atom is -0.478 e. The van der Waals surface area contributed by atoms with Crippen LogP contribution in [0.5, 0.6) is 0 Å². The Hall–Kier alpha value is -3.39. The average Bonchev–Trinajstić information content (AvgIpc) is 3.40. The molecule has 1 aliphatic heterocycles. The number of halogens is 1. The summed E-state index contributed by atoms with van der Waals surface area (Å²) < 4.78 is 24.5. The van der Waals surface area contributed by atoms with Gasteiger partial charge in [0.25, 0.3) is 0 Å². The van der Waals surface area contributed by atoms with Crippen molar-refractivity contribution in [3.8, 4) is 11.5 Å². The van der Waals surface area contributed by atoms with Gasteiger partial charge in [-0.25, -0.2) is 14.2 Å². The van der Waals surface area contributed by atoms with Crippen molar-refractivity contribution in [3.63, 3.8) is 0 Å². The molecule has 0 saturated heterocycles. The number of fused-ring (bicyclic) bond motifs is 1. The van der Waals surface area contributed by atoms with Gasteiger partial charge in [0.1, 0.15) is 11.3 Å². The number of hydrogen-bond donors (Lipinski definition) is 1. The number of carboxylic acids is 1. The number of carboxylic acid groups (broad SMARTS) is 1. The molecule has 4 aromatic rings. The molecule has 7 nitrogen and oxygen atoms in total. The Labute approximate surface area is 197 Å². The van der Waals surface area contributed by atoms with Gasteiger partial charge < -0.3 is 23.9 Å². The highest BCUT2D eigenvalue weighted by Gasteiger charge is 2.30. The van der Waals surface area contributed by atoms with Crippen LogP contribution in [0.25, 0.3) is 33.5 Å². The Bertz CT molecular complexity index is 1390. The highest BCUT2D eigenvalue weighted by atomic mass is 19.1. The lowest BCUT2D eigenvalue weighted by atomic mass is 10.1. The van der Waals surface area contributed by atoms with Crippen molar-refractivity contribution < 1.29 is 19.0 Å². The number of benzene rings is 2. The van der Waals surface area contributed by atoms with Crippen LogP contribution in [0.1, 0.15) is 43.1 Å². The number of aromatic nitrogens is 3. The van der Waals surface area contributed by atoms with E-state index in [9.17, 15) is 9.90 Å². The summed E-state index contributed by atoms with van der Waals surface area (Å²) in [5, 5.41) is 10.5. The number of ether oxygens (including phenoxy) is 1. The molecule has 0 bridgehead atoms. The van der Waals surface area contributed by atoms with Gasteiger partial charge in [0.05, 0.1) is 34.0 Å². The van der Waals surface area contributed by atoms with Gasteiger partial charge in [-0.2, -0.15) is 0 Å². The molecule has 0 saturated carbocycles. The van der Waals surface area contributed by atoms with Crippen molar-refractivity contribution in [2.24, 2.45) is 0 Å². The number of carbonyl (C=O) groups is 1. The third kappa shape index (κ3) is 3.44. The fourth-order valence-corrected chi connectivity index (χ4v) is 5.27. The molecule has 1 unspecified atom stereocenters. The Morgan fingerprint density at radius 3 is 2.76 bits per heavy atom. The SMILES string of the molecule is CCC1CN(CCCOC)c2cccc3cc(-c4nc5cc(C(=O)O)cc(F)c5n4CC)n1c23. The lowest BCUT2D eigenvalue weighted by molar-refractivity contribution is 0.0696. The summed E-state index contributed by atoms with van der Waals surface area (Å²) in [7, 11) is 1.73. The predicted molar refractivity (Wildman–Crippen MR) is 131 cm³/mol. The van der Waals surface area contributed by atoms with Gasteiger partial charge in [-0.3, -0.25) is 0 Å². The fraction of sp³-hybridized carbons (Fsp3) is 0.385. The van der Waals surface area contributed by atoms with Crippen molar-refractivity contribution >= 4 is 33.6 Å². The molecule has 0 amide bonds. The first kappa shape index (κ1) is 22.4.